The molecule has 0 spiro atoms. The lowest BCUT2D eigenvalue weighted by Crippen LogP contribution is -2.30. The van der Waals surface area contributed by atoms with Crippen LogP contribution < -0.4 is 14.4 Å². The van der Waals surface area contributed by atoms with Gasteiger partial charge in [0.15, 0.2) is 0 Å². The Hall–Kier alpha value is -3.32. The molecule has 32 heavy (non-hydrogen) atoms. The first-order valence-corrected chi connectivity index (χ1v) is 12.3. The number of nitrogens with zero attached hydrogens (tertiary/aromatic N) is 1. The molecule has 0 aliphatic heterocycles. The fourth-order valence-electron chi connectivity index (χ4n) is 3.31. The van der Waals surface area contributed by atoms with Crippen LogP contribution in [0.15, 0.2) is 78.9 Å². The van der Waals surface area contributed by atoms with Crippen molar-refractivity contribution in [2.75, 3.05) is 23.7 Å². The molecule has 7 heteroatoms. The van der Waals surface area contributed by atoms with Gasteiger partial charge in [0.05, 0.1) is 25.0 Å². The number of anilines is 1. The van der Waals surface area contributed by atoms with Crippen LogP contribution in [0.3, 0.4) is 0 Å². The Morgan fingerprint density at radius 3 is 2.25 bits per heavy atom. The van der Waals surface area contributed by atoms with E-state index in [9.17, 15) is 13.2 Å². The van der Waals surface area contributed by atoms with Gasteiger partial charge in [0, 0.05) is 5.56 Å². The average molecular weight is 453 g/mol. The van der Waals surface area contributed by atoms with Gasteiger partial charge < -0.3 is 10.1 Å². The number of para-hydroxylation sites is 2. The van der Waals surface area contributed by atoms with Gasteiger partial charge in [0.2, 0.25) is 10.0 Å². The summed E-state index contributed by atoms with van der Waals surface area (Å²) in [5, 5.41) is 2.82. The molecule has 3 rings (SSSR count). The van der Waals surface area contributed by atoms with Crippen molar-refractivity contribution in [1.82, 2.24) is 5.32 Å². The second-order valence-corrected chi connectivity index (χ2v) is 9.27. The molecule has 0 fully saturated rings. The zero-order valence-corrected chi connectivity index (χ0v) is 19.1. The van der Waals surface area contributed by atoms with Crippen LogP contribution in [0.1, 0.15) is 28.4 Å². The minimum Gasteiger partial charge on any atom is -0.492 e. The number of rotatable bonds is 10. The molecule has 0 radical (unpaired) electrons. The lowest BCUT2D eigenvalue weighted by Gasteiger charge is -2.25. The standard InChI is InChI=1S/C25H28N2O4S/c1-3-21-9-7-8-12-24(21)27(32(2,29)30)19-20-13-15-22(16-14-20)25(28)26-17-18-31-23-10-5-4-6-11-23/h4-16H,3,17-19H2,1-2H3,(H,26,28). The quantitative estimate of drug-likeness (QED) is 0.472. The highest BCUT2D eigenvalue weighted by Crippen LogP contribution is 2.25. The number of benzene rings is 3. The highest BCUT2D eigenvalue weighted by molar-refractivity contribution is 7.92. The molecule has 0 bridgehead atoms. The molecule has 0 saturated carbocycles. The van der Waals surface area contributed by atoms with Gasteiger partial charge in [-0.05, 0) is 47.9 Å². The second-order valence-electron chi connectivity index (χ2n) is 7.37. The van der Waals surface area contributed by atoms with Gasteiger partial charge in [0.1, 0.15) is 12.4 Å². The number of carbonyl (C=O) groups excluding carboxylic acids is 1. The van der Waals surface area contributed by atoms with E-state index in [1.54, 1.807) is 24.3 Å². The summed E-state index contributed by atoms with van der Waals surface area (Å²) in [6.07, 6.45) is 1.94. The minimum absolute atomic E-state index is 0.197. The number of sulfonamides is 1. The van der Waals surface area contributed by atoms with E-state index in [0.29, 0.717) is 24.4 Å². The van der Waals surface area contributed by atoms with Crippen LogP contribution in [0.2, 0.25) is 0 Å². The Bertz CT molecular complexity index is 1130. The molecule has 0 unspecified atom stereocenters. The van der Waals surface area contributed by atoms with Crippen LogP contribution in [0.5, 0.6) is 5.75 Å². The van der Waals surface area contributed by atoms with Gasteiger partial charge in [-0.2, -0.15) is 0 Å². The van der Waals surface area contributed by atoms with Gasteiger partial charge >= 0.3 is 0 Å². The maximum atomic E-state index is 12.5. The second kappa shape index (κ2) is 10.8. The number of ether oxygens (including phenoxy) is 1. The Morgan fingerprint density at radius 2 is 1.59 bits per heavy atom. The highest BCUT2D eigenvalue weighted by atomic mass is 32.2. The maximum Gasteiger partial charge on any atom is 0.251 e. The van der Waals surface area contributed by atoms with Gasteiger partial charge in [0.25, 0.3) is 5.91 Å². The Balaban J connectivity index is 1.61. The van der Waals surface area contributed by atoms with E-state index in [-0.39, 0.29) is 12.5 Å². The lowest BCUT2D eigenvalue weighted by molar-refractivity contribution is 0.0947. The molecule has 0 saturated heterocycles. The molecule has 0 aliphatic rings. The normalized spacial score (nSPS) is 11.1. The van der Waals surface area contributed by atoms with Crippen molar-refractivity contribution in [1.29, 1.82) is 0 Å². The summed E-state index contributed by atoms with van der Waals surface area (Å²) in [7, 11) is -3.47. The van der Waals surface area contributed by atoms with Gasteiger partial charge in [-0.3, -0.25) is 9.10 Å². The maximum absolute atomic E-state index is 12.5. The van der Waals surface area contributed by atoms with Crippen LogP contribution in [-0.2, 0) is 23.0 Å². The van der Waals surface area contributed by atoms with E-state index in [0.717, 1.165) is 23.3 Å². The van der Waals surface area contributed by atoms with Crippen molar-refractivity contribution in [2.45, 2.75) is 19.9 Å². The van der Waals surface area contributed by atoms with Crippen LogP contribution in [0.25, 0.3) is 0 Å². The molecule has 3 aromatic rings. The van der Waals surface area contributed by atoms with Crippen molar-refractivity contribution >= 4 is 21.6 Å². The van der Waals surface area contributed by atoms with Crippen LogP contribution in [0.4, 0.5) is 5.69 Å². The number of amides is 1. The van der Waals surface area contributed by atoms with Crippen molar-refractivity contribution in [2.24, 2.45) is 0 Å². The van der Waals surface area contributed by atoms with E-state index < -0.39 is 10.0 Å². The fourth-order valence-corrected chi connectivity index (χ4v) is 4.23. The van der Waals surface area contributed by atoms with E-state index >= 15 is 0 Å². The number of hydrogen-bond donors (Lipinski definition) is 1. The smallest absolute Gasteiger partial charge is 0.251 e. The summed E-state index contributed by atoms with van der Waals surface area (Å²) in [4.78, 5) is 12.4. The predicted molar refractivity (Wildman–Crippen MR) is 128 cm³/mol. The third kappa shape index (κ3) is 6.34. The largest absolute Gasteiger partial charge is 0.492 e. The molecule has 3 aromatic carbocycles. The molecule has 6 nitrogen and oxygen atoms in total. The van der Waals surface area contributed by atoms with Crippen molar-refractivity contribution < 1.29 is 17.9 Å². The summed E-state index contributed by atoms with van der Waals surface area (Å²) in [6, 6.07) is 23.9. The van der Waals surface area contributed by atoms with Gasteiger partial charge in [-0.25, -0.2) is 8.42 Å². The summed E-state index contributed by atoms with van der Waals surface area (Å²) < 4.78 is 31.9. The Kier molecular flexibility index (Phi) is 7.89. The fraction of sp³-hybridized carbons (Fsp3) is 0.240. The van der Waals surface area contributed by atoms with Crippen LogP contribution in [-0.4, -0.2) is 33.7 Å². The number of aryl methyl sites for hydroxylation is 1. The Morgan fingerprint density at radius 1 is 0.938 bits per heavy atom. The molecule has 0 heterocycles. The summed E-state index contributed by atoms with van der Waals surface area (Å²) in [5.74, 6) is 0.552. The molecule has 168 valence electrons. The van der Waals surface area contributed by atoms with E-state index in [2.05, 4.69) is 5.32 Å². The summed E-state index contributed by atoms with van der Waals surface area (Å²) in [5.41, 5.74) is 2.95. The molecule has 1 amide bonds. The summed E-state index contributed by atoms with van der Waals surface area (Å²) in [6.45, 7) is 2.94. The van der Waals surface area contributed by atoms with Gasteiger partial charge in [-0.1, -0.05) is 55.5 Å². The first-order chi connectivity index (χ1) is 15.4. The lowest BCUT2D eigenvalue weighted by atomic mass is 10.1. The van der Waals surface area contributed by atoms with Crippen molar-refractivity contribution in [3.63, 3.8) is 0 Å². The molecule has 0 aliphatic carbocycles. The summed E-state index contributed by atoms with van der Waals surface area (Å²) >= 11 is 0. The van der Waals surface area contributed by atoms with Crippen molar-refractivity contribution in [3.8, 4) is 5.75 Å². The monoisotopic (exact) mass is 452 g/mol. The molecular formula is C25H28N2O4S. The van der Waals surface area contributed by atoms with E-state index in [1.165, 1.54) is 10.6 Å². The van der Waals surface area contributed by atoms with Crippen LogP contribution in [0, 0.1) is 0 Å². The number of hydrogen-bond acceptors (Lipinski definition) is 4. The SMILES string of the molecule is CCc1ccccc1N(Cc1ccc(C(=O)NCCOc2ccccc2)cc1)S(C)(=O)=O. The highest BCUT2D eigenvalue weighted by Gasteiger charge is 2.20. The van der Waals surface area contributed by atoms with E-state index in [1.807, 2.05) is 61.5 Å². The zero-order chi connectivity index (χ0) is 23.0. The third-order valence-corrected chi connectivity index (χ3v) is 6.11. The zero-order valence-electron chi connectivity index (χ0n) is 18.3. The topological polar surface area (TPSA) is 75.7 Å². The third-order valence-electron chi connectivity index (χ3n) is 4.98. The van der Waals surface area contributed by atoms with Crippen LogP contribution >= 0.6 is 0 Å². The first kappa shape index (κ1) is 23.3. The average Bonchev–Trinajstić information content (AvgIpc) is 2.80. The first-order valence-electron chi connectivity index (χ1n) is 10.5. The van der Waals surface area contributed by atoms with Gasteiger partial charge in [-0.15, -0.1) is 0 Å². The van der Waals surface area contributed by atoms with Crippen molar-refractivity contribution in [3.05, 3.63) is 95.6 Å². The van der Waals surface area contributed by atoms with E-state index in [4.69, 9.17) is 4.74 Å². The minimum atomic E-state index is -3.47. The number of carbonyl (C=O) groups is 1. The molecule has 0 aromatic heterocycles. The molecular weight excluding hydrogens is 424 g/mol. The number of nitrogens with one attached hydrogen (secondary N) is 1. The Labute approximate surface area is 189 Å². The molecule has 1 N–H and O–H groups in total. The predicted octanol–water partition coefficient (Wildman–Crippen LogP) is 4.02. The molecule has 0 atom stereocenters.